The van der Waals surface area contributed by atoms with Crippen LogP contribution in [0.5, 0.6) is 0 Å². The van der Waals surface area contributed by atoms with E-state index in [1.54, 1.807) is 19.1 Å². The van der Waals surface area contributed by atoms with Gasteiger partial charge < -0.3 is 15.4 Å². The molecule has 1 saturated heterocycles. The van der Waals surface area contributed by atoms with Gasteiger partial charge in [-0.1, -0.05) is 6.07 Å². The maximum absolute atomic E-state index is 11.8. The first-order valence-corrected chi connectivity index (χ1v) is 6.94. The molecule has 1 amide bonds. The second kappa shape index (κ2) is 7.14. The van der Waals surface area contributed by atoms with E-state index in [9.17, 15) is 14.9 Å². The zero-order chi connectivity index (χ0) is 15.2. The van der Waals surface area contributed by atoms with Crippen LogP contribution in [0.3, 0.4) is 0 Å². The Hall–Kier alpha value is -1.99. The molecule has 21 heavy (non-hydrogen) atoms. The summed E-state index contributed by atoms with van der Waals surface area (Å²) < 4.78 is 5.45. The molecule has 1 aliphatic rings. The van der Waals surface area contributed by atoms with Gasteiger partial charge in [0.1, 0.15) is 0 Å². The molecule has 1 atom stereocenters. The minimum Gasteiger partial charge on any atom is -0.377 e. The number of rotatable bonds is 6. The predicted octanol–water partition coefficient (Wildman–Crippen LogP) is 1.61. The fourth-order valence-corrected chi connectivity index (χ4v) is 2.30. The van der Waals surface area contributed by atoms with Gasteiger partial charge in [-0.3, -0.25) is 14.9 Å². The summed E-state index contributed by atoms with van der Waals surface area (Å²) in [4.78, 5) is 22.2. The van der Waals surface area contributed by atoms with Crippen molar-refractivity contribution in [2.24, 2.45) is 0 Å². The Labute approximate surface area is 122 Å². The number of benzene rings is 1. The third-order valence-corrected chi connectivity index (χ3v) is 3.46. The van der Waals surface area contributed by atoms with Gasteiger partial charge >= 0.3 is 0 Å². The van der Waals surface area contributed by atoms with E-state index >= 15 is 0 Å². The van der Waals surface area contributed by atoms with E-state index in [1.807, 2.05) is 0 Å². The minimum atomic E-state index is -0.458. The van der Waals surface area contributed by atoms with Crippen molar-refractivity contribution in [3.05, 3.63) is 33.9 Å². The number of nitrogens with one attached hydrogen (secondary N) is 2. The van der Waals surface area contributed by atoms with E-state index in [4.69, 9.17) is 4.74 Å². The Bertz CT molecular complexity index is 527. The van der Waals surface area contributed by atoms with Gasteiger partial charge in [-0.25, -0.2) is 0 Å². The highest BCUT2D eigenvalue weighted by atomic mass is 16.6. The van der Waals surface area contributed by atoms with E-state index < -0.39 is 4.92 Å². The second-order valence-electron chi connectivity index (χ2n) is 5.02. The van der Waals surface area contributed by atoms with Gasteiger partial charge in [-0.15, -0.1) is 0 Å². The van der Waals surface area contributed by atoms with E-state index in [2.05, 4.69) is 10.6 Å². The second-order valence-corrected chi connectivity index (χ2v) is 5.02. The molecule has 0 aromatic heterocycles. The minimum absolute atomic E-state index is 0.000106. The summed E-state index contributed by atoms with van der Waals surface area (Å²) in [5.74, 6) is -0.225. The van der Waals surface area contributed by atoms with Crippen molar-refractivity contribution in [1.82, 2.24) is 5.32 Å². The lowest BCUT2D eigenvalue weighted by Crippen LogP contribution is -2.33. The molecule has 1 unspecified atom stereocenters. The summed E-state index contributed by atoms with van der Waals surface area (Å²) in [5.41, 5.74) is 0.920. The van der Waals surface area contributed by atoms with E-state index in [0.29, 0.717) is 17.8 Å². The highest BCUT2D eigenvalue weighted by Gasteiger charge is 2.16. The zero-order valence-electron chi connectivity index (χ0n) is 11.9. The molecule has 0 spiro atoms. The molecular formula is C14H19N3O4. The van der Waals surface area contributed by atoms with Gasteiger partial charge in [-0.05, 0) is 25.8 Å². The molecule has 0 aliphatic carbocycles. The van der Waals surface area contributed by atoms with Crippen molar-refractivity contribution in [3.8, 4) is 0 Å². The topological polar surface area (TPSA) is 93.5 Å². The highest BCUT2D eigenvalue weighted by molar-refractivity contribution is 5.93. The lowest BCUT2D eigenvalue weighted by Gasteiger charge is -2.12. The lowest BCUT2D eigenvalue weighted by atomic mass is 10.1. The van der Waals surface area contributed by atoms with Gasteiger partial charge in [0, 0.05) is 19.2 Å². The highest BCUT2D eigenvalue weighted by Crippen LogP contribution is 2.24. The smallest absolute Gasteiger partial charge is 0.274 e. The Morgan fingerprint density at radius 1 is 1.52 bits per heavy atom. The van der Waals surface area contributed by atoms with Crippen LogP contribution >= 0.6 is 0 Å². The number of carbonyl (C=O) groups excluding carboxylic acids is 1. The molecule has 1 aromatic carbocycles. The number of nitro groups is 1. The van der Waals surface area contributed by atoms with Crippen LogP contribution in [-0.4, -0.2) is 36.6 Å². The van der Waals surface area contributed by atoms with Crippen LogP contribution in [0, 0.1) is 17.0 Å². The summed E-state index contributed by atoms with van der Waals surface area (Å²) >= 11 is 0. The van der Waals surface area contributed by atoms with Crippen LogP contribution in [0.25, 0.3) is 0 Å². The number of ether oxygens (including phenoxy) is 1. The average Bonchev–Trinajstić information content (AvgIpc) is 2.94. The van der Waals surface area contributed by atoms with Crippen LogP contribution in [0.4, 0.5) is 11.4 Å². The van der Waals surface area contributed by atoms with Crippen LogP contribution < -0.4 is 10.6 Å². The van der Waals surface area contributed by atoms with Gasteiger partial charge in [0.05, 0.1) is 28.8 Å². The van der Waals surface area contributed by atoms with Crippen molar-refractivity contribution in [3.63, 3.8) is 0 Å². The zero-order valence-corrected chi connectivity index (χ0v) is 11.9. The van der Waals surface area contributed by atoms with Crippen LogP contribution in [-0.2, 0) is 9.53 Å². The van der Waals surface area contributed by atoms with E-state index in [1.165, 1.54) is 6.07 Å². The van der Waals surface area contributed by atoms with E-state index in [0.717, 1.165) is 19.4 Å². The first-order chi connectivity index (χ1) is 10.1. The molecule has 7 heteroatoms. The Morgan fingerprint density at radius 3 is 3.00 bits per heavy atom. The van der Waals surface area contributed by atoms with Gasteiger partial charge in [0.25, 0.3) is 5.69 Å². The summed E-state index contributed by atoms with van der Waals surface area (Å²) in [6.45, 7) is 3.20. The molecule has 2 N–H and O–H groups in total. The summed E-state index contributed by atoms with van der Waals surface area (Å²) in [7, 11) is 0. The van der Waals surface area contributed by atoms with Gasteiger partial charge in [0.2, 0.25) is 5.91 Å². The molecule has 1 heterocycles. The molecule has 0 radical (unpaired) electrons. The first kappa shape index (κ1) is 15.4. The number of amides is 1. The number of hydrogen-bond donors (Lipinski definition) is 2. The maximum atomic E-state index is 11.8. The molecule has 1 fully saturated rings. The summed E-state index contributed by atoms with van der Waals surface area (Å²) in [6.07, 6.45) is 2.25. The monoisotopic (exact) mass is 293 g/mol. The molecule has 7 nitrogen and oxygen atoms in total. The van der Waals surface area contributed by atoms with E-state index in [-0.39, 0.29) is 24.2 Å². The molecule has 114 valence electrons. The number of anilines is 1. The van der Waals surface area contributed by atoms with Crippen molar-refractivity contribution in [1.29, 1.82) is 0 Å². The van der Waals surface area contributed by atoms with Crippen molar-refractivity contribution >= 4 is 17.3 Å². The fourth-order valence-electron chi connectivity index (χ4n) is 2.30. The van der Waals surface area contributed by atoms with Crippen LogP contribution in [0.2, 0.25) is 0 Å². The average molecular weight is 293 g/mol. The van der Waals surface area contributed by atoms with Crippen molar-refractivity contribution in [2.45, 2.75) is 25.9 Å². The normalized spacial score (nSPS) is 17.7. The fraction of sp³-hybridized carbons (Fsp3) is 0.500. The SMILES string of the molecule is Cc1c(NC(=O)CNCC2CCCO2)cccc1[N+](=O)[O-]. The third kappa shape index (κ3) is 4.24. The van der Waals surface area contributed by atoms with Crippen molar-refractivity contribution in [2.75, 3.05) is 25.0 Å². The van der Waals surface area contributed by atoms with Crippen LogP contribution in [0.15, 0.2) is 18.2 Å². The number of nitro benzene ring substituents is 1. The summed E-state index contributed by atoms with van der Waals surface area (Å²) in [6, 6.07) is 4.63. The number of nitrogens with zero attached hydrogens (tertiary/aromatic N) is 1. The summed E-state index contributed by atoms with van der Waals surface area (Å²) in [5, 5.41) is 16.6. The Morgan fingerprint density at radius 2 is 2.33 bits per heavy atom. The molecule has 1 aromatic rings. The first-order valence-electron chi connectivity index (χ1n) is 6.94. The third-order valence-electron chi connectivity index (χ3n) is 3.46. The van der Waals surface area contributed by atoms with Gasteiger partial charge in [-0.2, -0.15) is 0 Å². The van der Waals surface area contributed by atoms with Crippen molar-refractivity contribution < 1.29 is 14.5 Å². The van der Waals surface area contributed by atoms with Crippen LogP contribution in [0.1, 0.15) is 18.4 Å². The van der Waals surface area contributed by atoms with Gasteiger partial charge in [0.15, 0.2) is 0 Å². The maximum Gasteiger partial charge on any atom is 0.274 e. The molecule has 2 rings (SSSR count). The standard InChI is InChI=1S/C14H19N3O4/c1-10-12(5-2-6-13(10)17(19)20)16-14(18)9-15-8-11-4-3-7-21-11/h2,5-6,11,15H,3-4,7-9H2,1H3,(H,16,18). The predicted molar refractivity (Wildman–Crippen MR) is 78.3 cm³/mol. The number of carbonyl (C=O) groups is 1. The Kier molecular flexibility index (Phi) is 5.24. The molecule has 1 aliphatic heterocycles. The number of hydrogen-bond acceptors (Lipinski definition) is 5. The molecule has 0 bridgehead atoms. The quantitative estimate of drug-likeness (QED) is 0.614. The lowest BCUT2D eigenvalue weighted by molar-refractivity contribution is -0.385. The molecular weight excluding hydrogens is 274 g/mol. The molecule has 0 saturated carbocycles. The Balaban J connectivity index is 1.84. The largest absolute Gasteiger partial charge is 0.377 e.